The van der Waals surface area contributed by atoms with Crippen LogP contribution in [0.25, 0.3) is 0 Å². The molecule has 0 aromatic carbocycles. The van der Waals surface area contributed by atoms with Crippen LogP contribution < -0.4 is 4.57 Å². The van der Waals surface area contributed by atoms with Crippen LogP contribution in [0.1, 0.15) is 51.0 Å². The summed E-state index contributed by atoms with van der Waals surface area (Å²) in [6.07, 6.45) is 11.1. The second-order valence-electron chi connectivity index (χ2n) is 5.35. The normalized spacial score (nSPS) is 11.2. The van der Waals surface area contributed by atoms with E-state index >= 15 is 0 Å². The molecule has 0 aliphatic rings. The van der Waals surface area contributed by atoms with Crippen molar-refractivity contribution < 1.29 is 4.57 Å². The van der Waals surface area contributed by atoms with Crippen molar-refractivity contribution in [1.82, 2.24) is 19.6 Å². The van der Waals surface area contributed by atoms with Crippen LogP contribution in [0.3, 0.4) is 0 Å². The van der Waals surface area contributed by atoms with E-state index in [1.54, 1.807) is 0 Å². The molecule has 0 saturated heterocycles. The largest absolute Gasteiger partial charge is 0.253 e. The van der Waals surface area contributed by atoms with Gasteiger partial charge in [-0.1, -0.05) is 31.9 Å². The molecule has 0 bridgehead atoms. The van der Waals surface area contributed by atoms with Gasteiger partial charge in [0.1, 0.15) is 24.6 Å². The highest BCUT2D eigenvalue weighted by Crippen LogP contribution is 2.01. The van der Waals surface area contributed by atoms with E-state index < -0.39 is 0 Å². The van der Waals surface area contributed by atoms with Gasteiger partial charge in [-0.05, 0) is 12.8 Å². The third-order valence-electron chi connectivity index (χ3n) is 3.67. The lowest BCUT2D eigenvalue weighted by Crippen LogP contribution is -2.36. The average molecular weight is 276 g/mol. The Hall–Kier alpha value is -1.65. The minimum absolute atomic E-state index is 0.803. The Morgan fingerprint density at radius 1 is 1.15 bits per heavy atom. The van der Waals surface area contributed by atoms with Crippen LogP contribution >= 0.6 is 0 Å². The second kappa shape index (κ2) is 7.22. The molecule has 2 rings (SSSR count). The number of hydrogen-bond donors (Lipinski definition) is 0. The molecule has 2 aromatic rings. The summed E-state index contributed by atoms with van der Waals surface area (Å²) in [5.41, 5.74) is 1.03. The van der Waals surface area contributed by atoms with Crippen molar-refractivity contribution in [1.29, 1.82) is 0 Å². The molecular formula is C15H26N5+. The van der Waals surface area contributed by atoms with Gasteiger partial charge >= 0.3 is 0 Å². The fourth-order valence-corrected chi connectivity index (χ4v) is 2.29. The average Bonchev–Trinajstić information content (AvgIpc) is 3.03. The van der Waals surface area contributed by atoms with Gasteiger partial charge in [-0.3, -0.25) is 4.68 Å². The molecule has 0 amide bonds. The molecule has 5 nitrogen and oxygen atoms in total. The highest BCUT2D eigenvalue weighted by molar-refractivity contribution is 4.90. The summed E-state index contributed by atoms with van der Waals surface area (Å²) in [5, 5.41) is 8.44. The van der Waals surface area contributed by atoms with Crippen LogP contribution in [0.2, 0.25) is 0 Å². The summed E-state index contributed by atoms with van der Waals surface area (Å²) in [6, 6.07) is 0. The summed E-state index contributed by atoms with van der Waals surface area (Å²) < 4.78 is 6.50. The number of aryl methyl sites for hydroxylation is 2. The molecule has 0 aliphatic carbocycles. The van der Waals surface area contributed by atoms with Crippen LogP contribution in [0.5, 0.6) is 0 Å². The maximum atomic E-state index is 4.26. The molecule has 5 heteroatoms. The van der Waals surface area contributed by atoms with Crippen molar-refractivity contribution in [2.45, 2.75) is 66.1 Å². The molecule has 2 aromatic heterocycles. The smallest absolute Gasteiger partial charge is 0.252 e. The van der Waals surface area contributed by atoms with Crippen molar-refractivity contribution in [3.63, 3.8) is 0 Å². The summed E-state index contributed by atoms with van der Waals surface area (Å²) >= 11 is 0. The Morgan fingerprint density at radius 2 is 1.90 bits per heavy atom. The molecule has 0 fully saturated rings. The van der Waals surface area contributed by atoms with Crippen molar-refractivity contribution >= 4 is 0 Å². The van der Waals surface area contributed by atoms with Crippen LogP contribution in [0.15, 0.2) is 18.6 Å². The number of nitrogens with zero attached hydrogens (tertiary/aromatic N) is 5. The molecule has 0 aliphatic heterocycles. The lowest BCUT2D eigenvalue weighted by molar-refractivity contribution is -0.694. The molecule has 0 saturated carbocycles. The van der Waals surface area contributed by atoms with Gasteiger partial charge in [0, 0.05) is 13.5 Å². The van der Waals surface area contributed by atoms with Gasteiger partial charge in [0.25, 0.3) is 5.82 Å². The van der Waals surface area contributed by atoms with E-state index in [0.717, 1.165) is 31.7 Å². The van der Waals surface area contributed by atoms with Crippen LogP contribution in [-0.4, -0.2) is 19.6 Å². The Bertz CT molecular complexity index is 526. The first-order valence-corrected chi connectivity index (χ1v) is 7.68. The van der Waals surface area contributed by atoms with Gasteiger partial charge in [0.15, 0.2) is 0 Å². The highest BCUT2D eigenvalue weighted by Gasteiger charge is 2.13. The van der Waals surface area contributed by atoms with Crippen LogP contribution in [0.4, 0.5) is 0 Å². The zero-order chi connectivity index (χ0) is 14.4. The summed E-state index contributed by atoms with van der Waals surface area (Å²) in [4.78, 5) is 0. The minimum atomic E-state index is 0.803. The molecule has 0 N–H and O–H groups in total. The SMILES string of the molecule is CCCCn1cc(C[n+]2ccn(CCCC)c2C)nn1. The predicted molar refractivity (Wildman–Crippen MR) is 78.3 cm³/mol. The lowest BCUT2D eigenvalue weighted by Gasteiger charge is -1.99. The quantitative estimate of drug-likeness (QED) is 0.694. The third kappa shape index (κ3) is 3.68. The number of hydrogen-bond acceptors (Lipinski definition) is 2. The topological polar surface area (TPSA) is 39.5 Å². The first-order chi connectivity index (χ1) is 9.74. The fraction of sp³-hybridized carbons (Fsp3) is 0.667. The minimum Gasteiger partial charge on any atom is -0.252 e. The molecule has 0 unspecified atom stereocenters. The lowest BCUT2D eigenvalue weighted by atomic mass is 10.3. The molecule has 20 heavy (non-hydrogen) atoms. The first-order valence-electron chi connectivity index (χ1n) is 7.68. The zero-order valence-corrected chi connectivity index (χ0v) is 12.9. The third-order valence-corrected chi connectivity index (χ3v) is 3.67. The van der Waals surface area contributed by atoms with Gasteiger partial charge in [0.2, 0.25) is 0 Å². The maximum absolute atomic E-state index is 4.26. The molecule has 0 radical (unpaired) electrons. The standard InChI is InChI=1S/C15H26N5/c1-4-6-8-18-10-11-19(14(18)3)12-15-13-20(17-16-15)9-7-5-2/h10-11,13H,4-9,12H2,1-3H3/q+1. The molecular weight excluding hydrogens is 250 g/mol. The van der Waals surface area contributed by atoms with E-state index in [-0.39, 0.29) is 0 Å². The van der Waals surface area contributed by atoms with Crippen molar-refractivity contribution in [3.8, 4) is 0 Å². The molecule has 2 heterocycles. The number of imidazole rings is 1. The number of unbranched alkanes of at least 4 members (excludes halogenated alkanes) is 2. The maximum Gasteiger partial charge on any atom is 0.253 e. The fourth-order valence-electron chi connectivity index (χ4n) is 2.29. The molecule has 0 spiro atoms. The summed E-state index contributed by atoms with van der Waals surface area (Å²) in [7, 11) is 0. The van der Waals surface area contributed by atoms with Gasteiger partial charge < -0.3 is 0 Å². The Balaban J connectivity index is 1.99. The van der Waals surface area contributed by atoms with Gasteiger partial charge in [-0.2, -0.15) is 0 Å². The van der Waals surface area contributed by atoms with E-state index in [1.165, 1.54) is 25.1 Å². The Labute approximate surface area is 121 Å². The van der Waals surface area contributed by atoms with E-state index in [1.807, 2.05) is 4.68 Å². The summed E-state index contributed by atoms with van der Waals surface area (Å²) in [6.45, 7) is 9.44. The Morgan fingerprint density at radius 3 is 2.65 bits per heavy atom. The monoisotopic (exact) mass is 276 g/mol. The predicted octanol–water partition coefficient (Wildman–Crippen LogP) is 2.32. The van der Waals surface area contributed by atoms with E-state index in [9.17, 15) is 0 Å². The van der Waals surface area contributed by atoms with Crippen molar-refractivity contribution in [3.05, 3.63) is 30.1 Å². The molecule has 110 valence electrons. The van der Waals surface area contributed by atoms with Crippen LogP contribution in [0, 0.1) is 6.92 Å². The highest BCUT2D eigenvalue weighted by atomic mass is 15.4. The number of rotatable bonds is 8. The van der Waals surface area contributed by atoms with E-state index in [4.69, 9.17) is 0 Å². The van der Waals surface area contributed by atoms with Gasteiger partial charge in [-0.15, -0.1) is 5.10 Å². The molecule has 0 atom stereocenters. The summed E-state index contributed by atoms with van der Waals surface area (Å²) in [5.74, 6) is 1.28. The van der Waals surface area contributed by atoms with E-state index in [0.29, 0.717) is 0 Å². The van der Waals surface area contributed by atoms with Gasteiger partial charge in [0.05, 0.1) is 12.7 Å². The van der Waals surface area contributed by atoms with Crippen molar-refractivity contribution in [2.24, 2.45) is 0 Å². The van der Waals surface area contributed by atoms with E-state index in [2.05, 4.69) is 58.8 Å². The first kappa shape index (κ1) is 14.8. The second-order valence-corrected chi connectivity index (χ2v) is 5.35. The van der Waals surface area contributed by atoms with Gasteiger partial charge in [-0.25, -0.2) is 9.13 Å². The Kier molecular flexibility index (Phi) is 5.32. The van der Waals surface area contributed by atoms with Crippen molar-refractivity contribution in [2.75, 3.05) is 0 Å². The zero-order valence-electron chi connectivity index (χ0n) is 12.9. The van der Waals surface area contributed by atoms with Crippen LogP contribution in [-0.2, 0) is 19.6 Å². The number of aromatic nitrogens is 5.